The van der Waals surface area contributed by atoms with Gasteiger partial charge < -0.3 is 9.30 Å². The van der Waals surface area contributed by atoms with Crippen LogP contribution < -0.4 is 4.80 Å². The summed E-state index contributed by atoms with van der Waals surface area (Å²) in [5.74, 6) is -1.02. The lowest BCUT2D eigenvalue weighted by molar-refractivity contribution is -0.143. The van der Waals surface area contributed by atoms with Gasteiger partial charge in [0.2, 0.25) is 4.80 Å². The highest BCUT2D eigenvalue weighted by Gasteiger charge is 2.17. The Hall–Kier alpha value is -2.23. The van der Waals surface area contributed by atoms with E-state index in [0.29, 0.717) is 15.2 Å². The van der Waals surface area contributed by atoms with E-state index in [-0.39, 0.29) is 22.8 Å². The Labute approximate surface area is 163 Å². The normalized spacial score (nSPS) is 12.5. The summed E-state index contributed by atoms with van der Waals surface area (Å²) >= 11 is 6.75. The summed E-state index contributed by atoms with van der Waals surface area (Å²) in [5.41, 5.74) is 0.486. The van der Waals surface area contributed by atoms with Gasteiger partial charge in [0.1, 0.15) is 12.4 Å². The Morgan fingerprint density at radius 1 is 1.26 bits per heavy atom. The number of rotatable bonds is 5. The van der Waals surface area contributed by atoms with Crippen LogP contribution in [-0.2, 0) is 26.1 Å². The fourth-order valence-electron chi connectivity index (χ4n) is 2.37. The third-order valence-electron chi connectivity index (χ3n) is 3.55. The molecule has 0 radical (unpaired) electrons. The van der Waals surface area contributed by atoms with Gasteiger partial charge in [-0.1, -0.05) is 22.9 Å². The van der Waals surface area contributed by atoms with E-state index in [9.17, 15) is 17.6 Å². The lowest BCUT2D eigenvalue weighted by atomic mass is 10.3. The number of nitrogens with zero attached hydrogens (tertiary/aromatic N) is 2. The average Bonchev–Trinajstić information content (AvgIpc) is 2.91. The van der Waals surface area contributed by atoms with Gasteiger partial charge in [-0.05, 0) is 49.4 Å². The SMILES string of the molecule is CCOC(=O)Cn1c(=NS(=O)(=O)c2ccc(Cl)cc2)sc2cc(F)ccc21. The van der Waals surface area contributed by atoms with Crippen molar-refractivity contribution in [2.24, 2.45) is 4.40 Å². The molecule has 0 aliphatic heterocycles. The number of halogens is 2. The zero-order valence-electron chi connectivity index (χ0n) is 14.1. The van der Waals surface area contributed by atoms with Crippen molar-refractivity contribution in [3.8, 4) is 0 Å². The molecule has 3 aromatic rings. The van der Waals surface area contributed by atoms with E-state index in [0.717, 1.165) is 11.3 Å². The second kappa shape index (κ2) is 7.79. The predicted octanol–water partition coefficient (Wildman–Crippen LogP) is 3.35. The molecule has 10 heteroatoms. The monoisotopic (exact) mass is 428 g/mol. The number of fused-ring (bicyclic) bond motifs is 1. The minimum Gasteiger partial charge on any atom is -0.465 e. The van der Waals surface area contributed by atoms with Gasteiger partial charge in [-0.15, -0.1) is 4.40 Å². The van der Waals surface area contributed by atoms with Crippen LogP contribution in [0.5, 0.6) is 0 Å². The van der Waals surface area contributed by atoms with Crippen molar-refractivity contribution in [1.29, 1.82) is 0 Å². The predicted molar refractivity (Wildman–Crippen MR) is 101 cm³/mol. The Morgan fingerprint density at radius 3 is 2.63 bits per heavy atom. The molecule has 0 aliphatic carbocycles. The first kappa shape index (κ1) is 19.5. The molecule has 2 aromatic carbocycles. The fourth-order valence-corrected chi connectivity index (χ4v) is 4.75. The topological polar surface area (TPSA) is 77.7 Å². The van der Waals surface area contributed by atoms with Crippen LogP contribution >= 0.6 is 22.9 Å². The van der Waals surface area contributed by atoms with E-state index < -0.39 is 21.8 Å². The van der Waals surface area contributed by atoms with Crippen molar-refractivity contribution in [2.75, 3.05) is 6.61 Å². The maximum absolute atomic E-state index is 13.5. The van der Waals surface area contributed by atoms with Crippen LogP contribution in [0.3, 0.4) is 0 Å². The molecule has 0 saturated heterocycles. The van der Waals surface area contributed by atoms with Gasteiger partial charge in [0, 0.05) is 5.02 Å². The number of carbonyl (C=O) groups excluding carboxylic acids is 1. The van der Waals surface area contributed by atoms with Crippen molar-refractivity contribution in [1.82, 2.24) is 4.57 Å². The fraction of sp³-hybridized carbons (Fsp3) is 0.176. The maximum Gasteiger partial charge on any atom is 0.326 e. The number of hydrogen-bond acceptors (Lipinski definition) is 5. The van der Waals surface area contributed by atoms with Crippen molar-refractivity contribution in [2.45, 2.75) is 18.4 Å². The number of hydrogen-bond donors (Lipinski definition) is 0. The smallest absolute Gasteiger partial charge is 0.326 e. The highest BCUT2D eigenvalue weighted by molar-refractivity contribution is 7.90. The van der Waals surface area contributed by atoms with E-state index >= 15 is 0 Å². The summed E-state index contributed by atoms with van der Waals surface area (Å²) in [7, 11) is -4.05. The third kappa shape index (κ3) is 4.37. The second-order valence-electron chi connectivity index (χ2n) is 5.41. The number of esters is 1. The molecule has 0 aliphatic rings. The van der Waals surface area contributed by atoms with E-state index in [1.54, 1.807) is 6.92 Å². The molecule has 0 unspecified atom stereocenters. The summed E-state index contributed by atoms with van der Waals surface area (Å²) in [6, 6.07) is 9.51. The van der Waals surface area contributed by atoms with Crippen LogP contribution in [-0.4, -0.2) is 25.6 Å². The maximum atomic E-state index is 13.5. The van der Waals surface area contributed by atoms with Gasteiger partial charge in [-0.3, -0.25) is 4.79 Å². The summed E-state index contributed by atoms with van der Waals surface area (Å²) < 4.78 is 49.4. The lowest BCUT2D eigenvalue weighted by Crippen LogP contribution is -2.23. The molecule has 1 aromatic heterocycles. The van der Waals surface area contributed by atoms with Crippen LogP contribution in [0.1, 0.15) is 6.92 Å². The zero-order valence-corrected chi connectivity index (χ0v) is 16.4. The first-order chi connectivity index (χ1) is 12.8. The highest BCUT2D eigenvalue weighted by atomic mass is 35.5. The first-order valence-electron chi connectivity index (χ1n) is 7.81. The number of thiazole rings is 1. The zero-order chi connectivity index (χ0) is 19.6. The highest BCUT2D eigenvalue weighted by Crippen LogP contribution is 2.20. The molecular weight excluding hydrogens is 415 g/mol. The summed E-state index contributed by atoms with van der Waals surface area (Å²) in [6.07, 6.45) is 0. The van der Waals surface area contributed by atoms with Crippen LogP contribution in [0, 0.1) is 5.82 Å². The van der Waals surface area contributed by atoms with Gasteiger partial charge in [-0.2, -0.15) is 8.42 Å². The Morgan fingerprint density at radius 2 is 1.96 bits per heavy atom. The van der Waals surface area contributed by atoms with Crippen molar-refractivity contribution in [3.63, 3.8) is 0 Å². The molecule has 0 saturated carbocycles. The number of aromatic nitrogens is 1. The minimum atomic E-state index is -4.05. The molecule has 0 spiro atoms. The van der Waals surface area contributed by atoms with Crippen molar-refractivity contribution >= 4 is 49.1 Å². The molecule has 0 bridgehead atoms. The Balaban J connectivity index is 2.18. The lowest BCUT2D eigenvalue weighted by Gasteiger charge is -2.05. The molecule has 3 rings (SSSR count). The van der Waals surface area contributed by atoms with Crippen LogP contribution in [0.25, 0.3) is 10.2 Å². The average molecular weight is 429 g/mol. The Bertz CT molecular complexity index is 1170. The van der Waals surface area contributed by atoms with E-state index in [1.165, 1.54) is 47.0 Å². The quantitative estimate of drug-likeness (QED) is 0.584. The molecule has 1 heterocycles. The number of carbonyl (C=O) groups is 1. The van der Waals surface area contributed by atoms with Crippen LogP contribution in [0.15, 0.2) is 51.8 Å². The van der Waals surface area contributed by atoms with Gasteiger partial charge in [-0.25, -0.2) is 4.39 Å². The molecule has 6 nitrogen and oxygen atoms in total. The summed E-state index contributed by atoms with van der Waals surface area (Å²) in [6.45, 7) is 1.61. The van der Waals surface area contributed by atoms with Crippen LogP contribution in [0.4, 0.5) is 4.39 Å². The van der Waals surface area contributed by atoms with E-state index in [4.69, 9.17) is 16.3 Å². The molecule has 142 valence electrons. The van der Waals surface area contributed by atoms with Gasteiger partial charge in [0.05, 0.1) is 21.7 Å². The Kier molecular flexibility index (Phi) is 5.64. The molecule has 27 heavy (non-hydrogen) atoms. The third-order valence-corrected chi connectivity index (χ3v) is 6.24. The standard InChI is InChI=1S/C17H14ClFN2O4S2/c1-2-25-16(22)10-21-14-8-5-12(19)9-15(14)26-17(21)20-27(23,24)13-6-3-11(18)4-7-13/h3-9H,2,10H2,1H3. The molecule has 0 amide bonds. The summed E-state index contributed by atoms with van der Waals surface area (Å²) in [5, 5.41) is 0.392. The molecular formula is C17H14ClFN2O4S2. The van der Waals surface area contributed by atoms with Gasteiger partial charge in [0.15, 0.2) is 0 Å². The van der Waals surface area contributed by atoms with E-state index in [1.807, 2.05) is 0 Å². The minimum absolute atomic E-state index is 0.0404. The first-order valence-corrected chi connectivity index (χ1v) is 10.4. The van der Waals surface area contributed by atoms with E-state index in [2.05, 4.69) is 4.40 Å². The number of ether oxygens (including phenoxy) is 1. The van der Waals surface area contributed by atoms with Gasteiger partial charge in [0.25, 0.3) is 10.0 Å². The van der Waals surface area contributed by atoms with Gasteiger partial charge >= 0.3 is 5.97 Å². The molecule has 0 fully saturated rings. The number of benzene rings is 2. The largest absolute Gasteiger partial charge is 0.465 e. The second-order valence-corrected chi connectivity index (χ2v) is 8.46. The molecule has 0 atom stereocenters. The summed E-state index contributed by atoms with van der Waals surface area (Å²) in [4.78, 5) is 11.9. The number of sulfonamides is 1. The molecule has 0 N–H and O–H groups in total. The van der Waals surface area contributed by atoms with Crippen molar-refractivity contribution in [3.05, 3.63) is 58.1 Å². The van der Waals surface area contributed by atoms with Crippen molar-refractivity contribution < 1.29 is 22.3 Å². The van der Waals surface area contributed by atoms with Crippen LogP contribution in [0.2, 0.25) is 5.02 Å².